The third kappa shape index (κ3) is 6.17. The predicted octanol–water partition coefficient (Wildman–Crippen LogP) is 1.84. The molecule has 29 heavy (non-hydrogen) atoms. The van der Waals surface area contributed by atoms with E-state index in [-0.39, 0.29) is 23.7 Å². The van der Waals surface area contributed by atoms with Crippen LogP contribution < -0.4 is 10.1 Å². The van der Waals surface area contributed by atoms with Gasteiger partial charge in [-0.25, -0.2) is 12.7 Å². The number of likely N-dealkylation sites (tertiary alicyclic amines) is 1. The van der Waals surface area contributed by atoms with Crippen LogP contribution >= 0.6 is 0 Å². The maximum absolute atomic E-state index is 12.4. The van der Waals surface area contributed by atoms with Gasteiger partial charge >= 0.3 is 0 Å². The third-order valence-corrected chi connectivity index (χ3v) is 7.82. The number of sulfonamides is 1. The van der Waals surface area contributed by atoms with Gasteiger partial charge in [-0.2, -0.15) is 0 Å². The number of nitrogens with zero attached hydrogens (tertiary/aromatic N) is 2. The molecule has 7 nitrogen and oxygen atoms in total. The van der Waals surface area contributed by atoms with Crippen LogP contribution in [0.5, 0.6) is 5.75 Å². The Labute approximate surface area is 174 Å². The van der Waals surface area contributed by atoms with Crippen molar-refractivity contribution in [2.45, 2.75) is 45.3 Å². The van der Waals surface area contributed by atoms with E-state index in [9.17, 15) is 13.2 Å². The van der Waals surface area contributed by atoms with E-state index in [1.54, 1.807) is 6.92 Å². The van der Waals surface area contributed by atoms with Gasteiger partial charge in [0, 0.05) is 38.6 Å². The van der Waals surface area contributed by atoms with Crippen LogP contribution in [0.15, 0.2) is 24.3 Å². The van der Waals surface area contributed by atoms with Gasteiger partial charge in [0.15, 0.2) is 0 Å². The molecule has 8 heteroatoms. The monoisotopic (exact) mass is 423 g/mol. The first-order chi connectivity index (χ1) is 13.9. The average molecular weight is 424 g/mol. The summed E-state index contributed by atoms with van der Waals surface area (Å²) in [6.45, 7) is 5.11. The molecule has 0 bridgehead atoms. The van der Waals surface area contributed by atoms with Gasteiger partial charge in [0.1, 0.15) is 11.9 Å². The number of piperidine rings is 2. The van der Waals surface area contributed by atoms with Crippen molar-refractivity contribution in [1.82, 2.24) is 14.5 Å². The molecule has 162 valence electrons. The molecule has 3 rings (SSSR count). The lowest BCUT2D eigenvalue weighted by atomic mass is 9.97. The normalized spacial score (nSPS) is 20.5. The number of hydrogen-bond donors (Lipinski definition) is 1. The minimum absolute atomic E-state index is 0.00481. The molecule has 0 saturated carbocycles. The summed E-state index contributed by atoms with van der Waals surface area (Å²) < 4.78 is 31.4. The molecule has 2 aliphatic rings. The summed E-state index contributed by atoms with van der Waals surface area (Å²) in [7, 11) is -1.02. The molecule has 0 radical (unpaired) electrons. The predicted molar refractivity (Wildman–Crippen MR) is 113 cm³/mol. The summed E-state index contributed by atoms with van der Waals surface area (Å²) >= 11 is 0. The Balaban J connectivity index is 1.41. The van der Waals surface area contributed by atoms with Crippen molar-refractivity contribution in [2.75, 3.05) is 39.0 Å². The van der Waals surface area contributed by atoms with Crippen molar-refractivity contribution in [3.05, 3.63) is 29.8 Å². The van der Waals surface area contributed by atoms with E-state index < -0.39 is 10.0 Å². The number of nitrogens with one attached hydrogen (secondary N) is 1. The van der Waals surface area contributed by atoms with Crippen molar-refractivity contribution in [3.8, 4) is 5.75 Å². The minimum Gasteiger partial charge on any atom is -0.490 e. The van der Waals surface area contributed by atoms with Crippen LogP contribution in [0.4, 0.5) is 0 Å². The fraction of sp³-hybridized carbons (Fsp3) is 0.667. The molecule has 0 aliphatic carbocycles. The molecule has 2 fully saturated rings. The van der Waals surface area contributed by atoms with Crippen molar-refractivity contribution in [1.29, 1.82) is 0 Å². The van der Waals surface area contributed by atoms with Crippen LogP contribution in [-0.2, 0) is 21.4 Å². The average Bonchev–Trinajstić information content (AvgIpc) is 2.74. The quantitative estimate of drug-likeness (QED) is 0.724. The van der Waals surface area contributed by atoms with Crippen LogP contribution in [0.3, 0.4) is 0 Å². The van der Waals surface area contributed by atoms with Crippen LogP contribution in [0.1, 0.15) is 38.2 Å². The first-order valence-corrected chi connectivity index (χ1v) is 12.2. The molecule has 0 aromatic heterocycles. The fourth-order valence-electron chi connectivity index (χ4n) is 3.89. The summed E-state index contributed by atoms with van der Waals surface area (Å²) in [5.41, 5.74) is 1.03. The van der Waals surface area contributed by atoms with Crippen molar-refractivity contribution in [3.63, 3.8) is 0 Å². The number of carbonyl (C=O) groups excluding carboxylic acids is 1. The van der Waals surface area contributed by atoms with Crippen LogP contribution in [0, 0.1) is 5.92 Å². The fourth-order valence-corrected chi connectivity index (χ4v) is 5.03. The third-order valence-electron chi connectivity index (χ3n) is 5.94. The Hall–Kier alpha value is -1.64. The molecule has 2 aliphatic heterocycles. The summed E-state index contributed by atoms with van der Waals surface area (Å²) in [4.78, 5) is 14.8. The van der Waals surface area contributed by atoms with Crippen LogP contribution in [0.2, 0.25) is 0 Å². The van der Waals surface area contributed by atoms with E-state index in [1.165, 1.54) is 4.31 Å². The number of amides is 1. The molecule has 0 atom stereocenters. The zero-order chi connectivity index (χ0) is 20.9. The van der Waals surface area contributed by atoms with E-state index >= 15 is 0 Å². The number of carbonyl (C=O) groups is 1. The molecule has 1 N–H and O–H groups in total. The Morgan fingerprint density at radius 1 is 1.07 bits per heavy atom. The van der Waals surface area contributed by atoms with Crippen molar-refractivity contribution < 1.29 is 17.9 Å². The van der Waals surface area contributed by atoms with Crippen molar-refractivity contribution >= 4 is 15.9 Å². The molecule has 1 aromatic rings. The van der Waals surface area contributed by atoms with Gasteiger partial charge in [-0.1, -0.05) is 12.1 Å². The topological polar surface area (TPSA) is 79.0 Å². The van der Waals surface area contributed by atoms with Gasteiger partial charge in [-0.05, 0) is 57.4 Å². The second-order valence-electron chi connectivity index (χ2n) is 8.06. The smallest absolute Gasteiger partial charge is 0.223 e. The summed E-state index contributed by atoms with van der Waals surface area (Å²) in [5.74, 6) is 0.871. The van der Waals surface area contributed by atoms with E-state index in [0.717, 1.165) is 37.2 Å². The van der Waals surface area contributed by atoms with Gasteiger partial charge < -0.3 is 15.0 Å². The highest BCUT2D eigenvalue weighted by Crippen LogP contribution is 2.21. The number of ether oxygens (including phenoxy) is 1. The highest BCUT2D eigenvalue weighted by molar-refractivity contribution is 7.89. The SMILES string of the molecule is CCS(=O)(=O)N1CCC(C(=O)NCc2ccc(OC3CCN(C)CC3)cc2)CC1. The number of rotatable bonds is 7. The zero-order valence-electron chi connectivity index (χ0n) is 17.5. The van der Waals surface area contributed by atoms with Gasteiger partial charge in [-0.15, -0.1) is 0 Å². The van der Waals surface area contributed by atoms with Gasteiger partial charge in [0.2, 0.25) is 15.9 Å². The Bertz CT molecular complexity index is 766. The first-order valence-electron chi connectivity index (χ1n) is 10.6. The van der Waals surface area contributed by atoms with Gasteiger partial charge in [0.05, 0.1) is 5.75 Å². The molecule has 2 saturated heterocycles. The Kier molecular flexibility index (Phi) is 7.54. The standard InChI is InChI=1S/C21H33N3O4S/c1-3-29(26,27)24-14-8-18(9-15-24)21(25)22-16-17-4-6-19(7-5-17)28-20-10-12-23(2)13-11-20/h4-7,18,20H,3,8-16H2,1-2H3,(H,22,25). The number of hydrogen-bond acceptors (Lipinski definition) is 5. The molecule has 0 unspecified atom stereocenters. The minimum atomic E-state index is -3.16. The second-order valence-corrected chi connectivity index (χ2v) is 10.3. The molecule has 1 aromatic carbocycles. The van der Waals surface area contributed by atoms with E-state index in [4.69, 9.17) is 4.74 Å². The largest absolute Gasteiger partial charge is 0.490 e. The lowest BCUT2D eigenvalue weighted by molar-refractivity contribution is -0.126. The maximum Gasteiger partial charge on any atom is 0.223 e. The van der Waals surface area contributed by atoms with E-state index in [2.05, 4.69) is 17.3 Å². The lowest BCUT2D eigenvalue weighted by Crippen LogP contribution is -2.43. The van der Waals surface area contributed by atoms with Crippen LogP contribution in [-0.4, -0.2) is 68.6 Å². The van der Waals surface area contributed by atoms with Gasteiger partial charge in [0.25, 0.3) is 0 Å². The lowest BCUT2D eigenvalue weighted by Gasteiger charge is -2.30. The Morgan fingerprint density at radius 2 is 1.69 bits per heavy atom. The highest BCUT2D eigenvalue weighted by atomic mass is 32.2. The van der Waals surface area contributed by atoms with E-state index in [1.807, 2.05) is 24.3 Å². The van der Waals surface area contributed by atoms with Crippen LogP contribution in [0.25, 0.3) is 0 Å². The maximum atomic E-state index is 12.4. The number of benzene rings is 1. The zero-order valence-corrected chi connectivity index (χ0v) is 18.3. The molecular formula is C21H33N3O4S. The molecular weight excluding hydrogens is 390 g/mol. The van der Waals surface area contributed by atoms with E-state index in [0.29, 0.717) is 32.5 Å². The Morgan fingerprint density at radius 3 is 2.28 bits per heavy atom. The van der Waals surface area contributed by atoms with Crippen molar-refractivity contribution in [2.24, 2.45) is 5.92 Å². The molecule has 2 heterocycles. The summed E-state index contributed by atoms with van der Waals surface area (Å²) in [6.07, 6.45) is 3.53. The first kappa shape index (κ1) is 22.1. The summed E-state index contributed by atoms with van der Waals surface area (Å²) in [6, 6.07) is 7.91. The molecule has 0 spiro atoms. The molecule has 1 amide bonds. The summed E-state index contributed by atoms with van der Waals surface area (Å²) in [5, 5.41) is 2.99. The highest BCUT2D eigenvalue weighted by Gasteiger charge is 2.30. The van der Waals surface area contributed by atoms with Gasteiger partial charge in [-0.3, -0.25) is 4.79 Å². The second kappa shape index (κ2) is 9.91.